The van der Waals surface area contributed by atoms with E-state index in [4.69, 9.17) is 9.47 Å². The van der Waals surface area contributed by atoms with Gasteiger partial charge in [-0.25, -0.2) is 8.97 Å². The van der Waals surface area contributed by atoms with E-state index in [9.17, 15) is 0 Å². The SMILES string of the molecule is COc1ccc(Cc2c[n+](Cc3ccccc3)c3ncccn23)cc1OC.[Br-]. The first kappa shape index (κ1) is 19.9. The Labute approximate surface area is 175 Å². The van der Waals surface area contributed by atoms with E-state index in [0.717, 1.165) is 35.8 Å². The lowest BCUT2D eigenvalue weighted by Crippen LogP contribution is -3.00. The number of nitrogens with zero attached hydrogens (tertiary/aromatic N) is 3. The van der Waals surface area contributed by atoms with Gasteiger partial charge in [-0.2, -0.15) is 0 Å². The van der Waals surface area contributed by atoms with E-state index in [2.05, 4.69) is 56.7 Å². The van der Waals surface area contributed by atoms with E-state index in [0.29, 0.717) is 0 Å². The Kier molecular flexibility index (Phi) is 6.31. The van der Waals surface area contributed by atoms with Gasteiger partial charge in [-0.15, -0.1) is 0 Å². The minimum atomic E-state index is 0. The number of imidazole rings is 1. The predicted octanol–water partition coefficient (Wildman–Crippen LogP) is 0.282. The molecule has 0 N–H and O–H groups in total. The largest absolute Gasteiger partial charge is 1.00 e. The highest BCUT2D eigenvalue weighted by Crippen LogP contribution is 2.28. The monoisotopic (exact) mass is 439 g/mol. The highest BCUT2D eigenvalue weighted by Gasteiger charge is 2.18. The molecule has 2 aromatic carbocycles. The first-order valence-electron chi connectivity index (χ1n) is 8.87. The minimum Gasteiger partial charge on any atom is -1.00 e. The summed E-state index contributed by atoms with van der Waals surface area (Å²) in [6.45, 7) is 0.785. The van der Waals surface area contributed by atoms with Gasteiger partial charge < -0.3 is 26.5 Å². The first-order valence-corrected chi connectivity index (χ1v) is 8.87. The van der Waals surface area contributed by atoms with Crippen molar-refractivity contribution in [3.8, 4) is 11.5 Å². The zero-order chi connectivity index (χ0) is 18.6. The molecule has 28 heavy (non-hydrogen) atoms. The molecule has 0 saturated heterocycles. The molecule has 0 fully saturated rings. The van der Waals surface area contributed by atoms with Crippen LogP contribution in [0.15, 0.2) is 73.2 Å². The van der Waals surface area contributed by atoms with Crippen LogP contribution in [0.1, 0.15) is 16.8 Å². The molecular formula is C22H22BrN3O2. The second-order valence-corrected chi connectivity index (χ2v) is 6.39. The second kappa shape index (κ2) is 8.89. The van der Waals surface area contributed by atoms with E-state index >= 15 is 0 Å². The van der Waals surface area contributed by atoms with Crippen LogP contribution in [-0.4, -0.2) is 23.6 Å². The Morgan fingerprint density at radius 1 is 0.929 bits per heavy atom. The summed E-state index contributed by atoms with van der Waals surface area (Å²) >= 11 is 0. The number of fused-ring (bicyclic) bond motifs is 1. The first-order chi connectivity index (χ1) is 13.3. The number of ether oxygens (including phenoxy) is 2. The molecule has 0 saturated carbocycles. The van der Waals surface area contributed by atoms with Crippen LogP contribution in [-0.2, 0) is 13.0 Å². The number of benzene rings is 2. The Morgan fingerprint density at radius 3 is 2.46 bits per heavy atom. The quantitative estimate of drug-likeness (QED) is 0.405. The molecule has 4 aromatic rings. The van der Waals surface area contributed by atoms with Gasteiger partial charge in [0.15, 0.2) is 11.5 Å². The molecule has 5 nitrogen and oxygen atoms in total. The fourth-order valence-electron chi connectivity index (χ4n) is 3.33. The van der Waals surface area contributed by atoms with Crippen LogP contribution in [0.5, 0.6) is 11.5 Å². The molecule has 0 amide bonds. The lowest BCUT2D eigenvalue weighted by Gasteiger charge is -2.08. The summed E-state index contributed by atoms with van der Waals surface area (Å²) in [6.07, 6.45) is 6.83. The smallest absolute Gasteiger partial charge is 0.403 e. The van der Waals surface area contributed by atoms with Gasteiger partial charge in [0.2, 0.25) is 0 Å². The van der Waals surface area contributed by atoms with Gasteiger partial charge in [0, 0.05) is 12.5 Å². The summed E-state index contributed by atoms with van der Waals surface area (Å²) in [4.78, 5) is 4.58. The van der Waals surface area contributed by atoms with Crippen molar-refractivity contribution in [2.24, 2.45) is 0 Å². The van der Waals surface area contributed by atoms with Crippen molar-refractivity contribution in [3.63, 3.8) is 0 Å². The summed E-state index contributed by atoms with van der Waals surface area (Å²) in [6, 6.07) is 18.4. The third-order valence-electron chi connectivity index (χ3n) is 4.63. The van der Waals surface area contributed by atoms with Gasteiger partial charge in [-0.3, -0.25) is 0 Å². The maximum atomic E-state index is 5.44. The Hall–Kier alpha value is -2.86. The molecule has 4 rings (SSSR count). The minimum absolute atomic E-state index is 0. The summed E-state index contributed by atoms with van der Waals surface area (Å²) in [5, 5.41) is 0. The number of rotatable bonds is 6. The molecule has 0 atom stereocenters. The second-order valence-electron chi connectivity index (χ2n) is 6.39. The standard InChI is InChI=1S/C22H22N3O2.BrH/c1-26-20-10-9-18(14-21(20)27-2)13-19-16-24(15-17-7-4-3-5-8-17)22-23-11-6-12-25(19)22;/h3-12,14,16H,13,15H2,1-2H3;1H/q+1;/p-1. The predicted molar refractivity (Wildman–Crippen MR) is 103 cm³/mol. The Morgan fingerprint density at radius 2 is 1.71 bits per heavy atom. The zero-order valence-electron chi connectivity index (χ0n) is 15.9. The molecule has 2 aromatic heterocycles. The number of halogens is 1. The van der Waals surface area contributed by atoms with Gasteiger partial charge in [0.25, 0.3) is 0 Å². The van der Waals surface area contributed by atoms with Crippen LogP contribution in [0.3, 0.4) is 0 Å². The zero-order valence-corrected chi connectivity index (χ0v) is 17.5. The van der Waals surface area contributed by atoms with Crippen LogP contribution in [0.2, 0.25) is 0 Å². The average molecular weight is 440 g/mol. The maximum absolute atomic E-state index is 5.44. The summed E-state index contributed by atoms with van der Waals surface area (Å²) in [5.41, 5.74) is 3.57. The number of methoxy groups -OCH3 is 2. The molecule has 0 radical (unpaired) electrons. The molecule has 0 bridgehead atoms. The number of hydrogen-bond donors (Lipinski definition) is 0. The summed E-state index contributed by atoms with van der Waals surface area (Å²) < 4.78 is 15.1. The normalized spacial score (nSPS) is 10.5. The van der Waals surface area contributed by atoms with Gasteiger partial charge in [-0.1, -0.05) is 41.4 Å². The molecule has 0 spiro atoms. The van der Waals surface area contributed by atoms with Crippen LogP contribution in [0.25, 0.3) is 5.78 Å². The fourth-order valence-corrected chi connectivity index (χ4v) is 3.33. The van der Waals surface area contributed by atoms with Gasteiger partial charge in [0.05, 0.1) is 27.0 Å². The lowest BCUT2D eigenvalue weighted by molar-refractivity contribution is -0.664. The molecule has 0 aliphatic carbocycles. The third kappa shape index (κ3) is 4.02. The molecular weight excluding hydrogens is 418 g/mol. The van der Waals surface area contributed by atoms with Crippen molar-refractivity contribution in [1.82, 2.24) is 9.38 Å². The lowest BCUT2D eigenvalue weighted by atomic mass is 10.1. The van der Waals surface area contributed by atoms with E-state index in [1.165, 1.54) is 11.3 Å². The van der Waals surface area contributed by atoms with E-state index in [1.54, 1.807) is 14.2 Å². The average Bonchev–Trinajstić information content (AvgIpc) is 3.06. The maximum Gasteiger partial charge on any atom is 0.403 e. The number of hydrogen-bond acceptors (Lipinski definition) is 3. The van der Waals surface area contributed by atoms with Crippen molar-refractivity contribution in [1.29, 1.82) is 0 Å². The molecule has 0 aliphatic rings. The molecule has 0 aliphatic heterocycles. The molecule has 144 valence electrons. The van der Waals surface area contributed by atoms with Crippen LogP contribution in [0.4, 0.5) is 0 Å². The van der Waals surface area contributed by atoms with Crippen molar-refractivity contribution in [2.45, 2.75) is 13.0 Å². The van der Waals surface area contributed by atoms with Crippen molar-refractivity contribution in [2.75, 3.05) is 14.2 Å². The van der Waals surface area contributed by atoms with Gasteiger partial charge >= 0.3 is 5.78 Å². The highest BCUT2D eigenvalue weighted by molar-refractivity contribution is 5.44. The topological polar surface area (TPSA) is 39.6 Å². The molecule has 2 heterocycles. The van der Waals surface area contributed by atoms with Crippen LogP contribution in [0, 0.1) is 0 Å². The molecule has 6 heteroatoms. The van der Waals surface area contributed by atoms with Gasteiger partial charge in [-0.05, 0) is 23.3 Å². The highest BCUT2D eigenvalue weighted by atomic mass is 79.9. The van der Waals surface area contributed by atoms with Crippen molar-refractivity contribution in [3.05, 3.63) is 90.0 Å². The Balaban J connectivity index is 0.00000225. The van der Waals surface area contributed by atoms with E-state index in [1.807, 2.05) is 30.5 Å². The summed E-state index contributed by atoms with van der Waals surface area (Å²) in [5.74, 6) is 2.41. The van der Waals surface area contributed by atoms with E-state index < -0.39 is 0 Å². The molecule has 0 unspecified atom stereocenters. The van der Waals surface area contributed by atoms with Crippen LogP contribution < -0.4 is 31.0 Å². The third-order valence-corrected chi connectivity index (χ3v) is 4.63. The Bertz CT molecular complexity index is 1060. The van der Waals surface area contributed by atoms with Crippen LogP contribution >= 0.6 is 0 Å². The van der Waals surface area contributed by atoms with E-state index in [-0.39, 0.29) is 17.0 Å². The van der Waals surface area contributed by atoms with Crippen molar-refractivity contribution < 1.29 is 31.0 Å². The number of aromatic nitrogens is 3. The summed E-state index contributed by atoms with van der Waals surface area (Å²) in [7, 11) is 3.31. The van der Waals surface area contributed by atoms with Gasteiger partial charge in [0.1, 0.15) is 18.1 Å². The van der Waals surface area contributed by atoms with Crippen molar-refractivity contribution >= 4 is 5.78 Å². The fraction of sp³-hybridized carbons (Fsp3) is 0.182.